The number of hydrogen-bond acceptors (Lipinski definition) is 4. The lowest BCUT2D eigenvalue weighted by Gasteiger charge is -2.38. The average molecular weight is 470 g/mol. The fourth-order valence-electron chi connectivity index (χ4n) is 3.51. The van der Waals surface area contributed by atoms with Gasteiger partial charge in [-0.15, -0.1) is 0 Å². The number of rotatable bonds is 4. The number of aliphatic imine (C=N–C) groups is 1. The third kappa shape index (κ3) is 4.05. The van der Waals surface area contributed by atoms with Crippen LogP contribution in [-0.4, -0.2) is 23.2 Å². The molecule has 1 aliphatic heterocycles. The number of carbonyl (C=O) groups is 1. The van der Waals surface area contributed by atoms with E-state index in [9.17, 15) is 4.79 Å². The molecule has 1 aliphatic rings. The Kier molecular flexibility index (Phi) is 5.67. The first kappa shape index (κ1) is 19.6. The fraction of sp³-hybridized carbons (Fsp3) is 0.0909. The molecule has 0 aliphatic carbocycles. The number of nitrogens with zero attached hydrogens (tertiary/aromatic N) is 2. The second-order valence-corrected chi connectivity index (χ2v) is 8.01. The maximum Gasteiger partial charge on any atom is 0.253 e. The van der Waals surface area contributed by atoms with Crippen LogP contribution < -0.4 is 11.3 Å². The van der Waals surface area contributed by atoms with Gasteiger partial charge in [-0.3, -0.25) is 10.2 Å². The van der Waals surface area contributed by atoms with Crippen LogP contribution in [0.4, 0.5) is 5.69 Å². The molecule has 1 atom stereocenters. The highest BCUT2D eigenvalue weighted by Crippen LogP contribution is 2.41. The zero-order valence-corrected chi connectivity index (χ0v) is 17.7. The molecule has 1 heterocycles. The number of hydrogen-bond donors (Lipinski definition) is 2. The Morgan fingerprint density at radius 3 is 2.52 bits per heavy atom. The van der Waals surface area contributed by atoms with Crippen LogP contribution in [0.1, 0.15) is 22.7 Å². The lowest BCUT2D eigenvalue weighted by atomic mass is 9.93. The number of fused-ring (bicyclic) bond motifs is 1. The highest BCUT2D eigenvalue weighted by atomic mass is 79.9. The van der Waals surface area contributed by atoms with Gasteiger partial charge in [0.05, 0.1) is 11.7 Å². The Morgan fingerprint density at radius 2 is 1.83 bits per heavy atom. The van der Waals surface area contributed by atoms with Crippen molar-refractivity contribution in [2.24, 2.45) is 10.8 Å². The molecule has 0 saturated carbocycles. The highest BCUT2D eigenvalue weighted by molar-refractivity contribution is 9.10. The first-order valence-electron chi connectivity index (χ1n) is 9.02. The van der Waals surface area contributed by atoms with Gasteiger partial charge in [0.2, 0.25) is 0 Å². The van der Waals surface area contributed by atoms with Crippen LogP contribution in [0.3, 0.4) is 0 Å². The van der Waals surface area contributed by atoms with Crippen molar-refractivity contribution in [2.75, 3.05) is 6.54 Å². The van der Waals surface area contributed by atoms with Gasteiger partial charge in [0.1, 0.15) is 12.4 Å². The topological polar surface area (TPSA) is 70.7 Å². The monoisotopic (exact) mass is 468 g/mol. The molecule has 4 rings (SSSR count). The summed E-state index contributed by atoms with van der Waals surface area (Å²) in [7, 11) is 0. The van der Waals surface area contributed by atoms with Crippen LogP contribution in [0, 0.1) is 0 Å². The average Bonchev–Trinajstić information content (AvgIpc) is 2.74. The molecule has 146 valence electrons. The first-order valence-corrected chi connectivity index (χ1v) is 10.2. The van der Waals surface area contributed by atoms with E-state index in [1.807, 2.05) is 77.7 Å². The number of nitrogens with one attached hydrogen (secondary N) is 1. The summed E-state index contributed by atoms with van der Waals surface area (Å²) in [5, 5.41) is 0.639. The largest absolute Gasteiger partial charge is 0.336 e. The molecule has 5 nitrogen and oxygen atoms in total. The molecule has 3 aromatic rings. The van der Waals surface area contributed by atoms with Gasteiger partial charge >= 0.3 is 0 Å². The quantitative estimate of drug-likeness (QED) is 0.334. The minimum Gasteiger partial charge on any atom is -0.336 e. The van der Waals surface area contributed by atoms with Crippen molar-refractivity contribution in [3.8, 4) is 0 Å². The lowest BCUT2D eigenvalue weighted by molar-refractivity contribution is -0.121. The van der Waals surface area contributed by atoms with Crippen molar-refractivity contribution in [1.29, 1.82) is 0 Å². The number of nitrogens with two attached hydrogens (primary N) is 1. The number of halogens is 2. The number of amides is 1. The molecule has 0 radical (unpaired) electrons. The van der Waals surface area contributed by atoms with Crippen LogP contribution in [0.25, 0.3) is 0 Å². The van der Waals surface area contributed by atoms with Gasteiger partial charge in [-0.1, -0.05) is 57.9 Å². The minimum atomic E-state index is -0.300. The zero-order chi connectivity index (χ0) is 20.4. The summed E-state index contributed by atoms with van der Waals surface area (Å²) in [5.41, 5.74) is 6.02. The number of hydrazine groups is 1. The molecule has 0 saturated heterocycles. The molecular weight excluding hydrogens is 452 g/mol. The maximum absolute atomic E-state index is 12.3. The highest BCUT2D eigenvalue weighted by Gasteiger charge is 2.33. The van der Waals surface area contributed by atoms with Crippen molar-refractivity contribution in [2.45, 2.75) is 6.04 Å². The van der Waals surface area contributed by atoms with E-state index in [1.165, 1.54) is 0 Å². The molecule has 3 aromatic carbocycles. The van der Waals surface area contributed by atoms with Crippen molar-refractivity contribution in [3.63, 3.8) is 0 Å². The van der Waals surface area contributed by atoms with Crippen LogP contribution in [0.2, 0.25) is 5.02 Å². The van der Waals surface area contributed by atoms with Crippen LogP contribution in [-0.2, 0) is 4.79 Å². The van der Waals surface area contributed by atoms with E-state index < -0.39 is 0 Å². The van der Waals surface area contributed by atoms with Gasteiger partial charge < -0.3 is 4.90 Å². The Hall–Kier alpha value is -2.67. The van der Waals surface area contributed by atoms with E-state index in [4.69, 9.17) is 22.4 Å². The molecule has 0 unspecified atom stereocenters. The summed E-state index contributed by atoms with van der Waals surface area (Å²) < 4.78 is 0.950. The summed E-state index contributed by atoms with van der Waals surface area (Å²) >= 11 is 9.64. The Balaban J connectivity index is 1.94. The summed E-state index contributed by atoms with van der Waals surface area (Å²) in [6.07, 6.45) is 0. The first-order chi connectivity index (χ1) is 14.1. The van der Waals surface area contributed by atoms with E-state index >= 15 is 0 Å². The summed E-state index contributed by atoms with van der Waals surface area (Å²) in [5.74, 6) is 5.79. The molecule has 7 heteroatoms. The van der Waals surface area contributed by atoms with Gasteiger partial charge in [0, 0.05) is 20.6 Å². The summed E-state index contributed by atoms with van der Waals surface area (Å²) in [6, 6.07) is 23.3. The van der Waals surface area contributed by atoms with Crippen LogP contribution in [0.15, 0.2) is 82.3 Å². The van der Waals surface area contributed by atoms with Gasteiger partial charge in [-0.05, 0) is 48.0 Å². The predicted octanol–water partition coefficient (Wildman–Crippen LogP) is 4.58. The fourth-order valence-corrected chi connectivity index (χ4v) is 4.01. The summed E-state index contributed by atoms with van der Waals surface area (Å²) in [4.78, 5) is 19.2. The second-order valence-electron chi connectivity index (χ2n) is 6.65. The minimum absolute atomic E-state index is 0.0590. The Bertz CT molecular complexity index is 1070. The van der Waals surface area contributed by atoms with Gasteiger partial charge in [-0.25, -0.2) is 10.8 Å². The van der Waals surface area contributed by atoms with Crippen molar-refractivity contribution in [3.05, 3.63) is 99.0 Å². The zero-order valence-electron chi connectivity index (χ0n) is 15.3. The van der Waals surface area contributed by atoms with Gasteiger partial charge in [0.25, 0.3) is 5.91 Å². The standard InChI is InChI=1S/C22H18BrClN4O/c23-16-8-11-19-18(12-16)21(14-4-2-1-3-5-14)28(13-20(29)27-25)22(26-19)15-6-9-17(24)10-7-15/h1-12,21H,13,25H2,(H,27,29)/t21-/m0/s1. The van der Waals surface area contributed by atoms with E-state index in [2.05, 4.69) is 21.4 Å². The Morgan fingerprint density at radius 1 is 1.10 bits per heavy atom. The molecule has 1 amide bonds. The van der Waals surface area contributed by atoms with E-state index in [-0.39, 0.29) is 18.5 Å². The molecular formula is C22H18BrClN4O. The molecule has 3 N–H and O–H groups in total. The number of benzene rings is 3. The molecule has 29 heavy (non-hydrogen) atoms. The van der Waals surface area contributed by atoms with Gasteiger partial charge in [0.15, 0.2) is 0 Å². The SMILES string of the molecule is NNC(=O)CN1C(c2ccc(Cl)cc2)=Nc2ccc(Br)cc2[C@@H]1c1ccccc1. The van der Waals surface area contributed by atoms with Crippen molar-refractivity contribution >= 4 is 45.0 Å². The number of amidine groups is 1. The molecule has 0 spiro atoms. The van der Waals surface area contributed by atoms with E-state index in [0.29, 0.717) is 10.9 Å². The second kappa shape index (κ2) is 8.37. The van der Waals surface area contributed by atoms with E-state index in [1.54, 1.807) is 0 Å². The van der Waals surface area contributed by atoms with E-state index in [0.717, 1.165) is 26.9 Å². The lowest BCUT2D eigenvalue weighted by Crippen LogP contribution is -2.46. The third-order valence-electron chi connectivity index (χ3n) is 4.79. The molecule has 0 fully saturated rings. The van der Waals surface area contributed by atoms with Crippen LogP contribution >= 0.6 is 27.5 Å². The van der Waals surface area contributed by atoms with Crippen LogP contribution in [0.5, 0.6) is 0 Å². The molecule has 0 aromatic heterocycles. The maximum atomic E-state index is 12.3. The van der Waals surface area contributed by atoms with Gasteiger partial charge in [-0.2, -0.15) is 0 Å². The summed E-state index contributed by atoms with van der Waals surface area (Å²) in [6.45, 7) is 0.0590. The third-order valence-corrected chi connectivity index (χ3v) is 5.53. The number of carbonyl (C=O) groups excluding carboxylic acids is 1. The predicted molar refractivity (Wildman–Crippen MR) is 119 cm³/mol. The van der Waals surface area contributed by atoms with Crippen molar-refractivity contribution in [1.82, 2.24) is 10.3 Å². The molecule has 0 bridgehead atoms. The van der Waals surface area contributed by atoms with Crippen molar-refractivity contribution < 1.29 is 4.79 Å². The smallest absolute Gasteiger partial charge is 0.253 e. The Labute approximate surface area is 182 Å². The normalized spacial score (nSPS) is 15.5.